The van der Waals surface area contributed by atoms with Crippen LogP contribution in [0.15, 0.2) is 18.2 Å². The summed E-state index contributed by atoms with van der Waals surface area (Å²) < 4.78 is 5.00. The van der Waals surface area contributed by atoms with Crippen molar-refractivity contribution in [3.05, 3.63) is 34.4 Å². The Morgan fingerprint density at radius 1 is 1.75 bits per heavy atom. The highest BCUT2D eigenvalue weighted by molar-refractivity contribution is 5.44. The standard InChI is InChI=1S/C8H8NO3/c1-2-12-8-6-4-3-5-7(8)9(10)11/h3-5H,2H2,1H3. The SMILES string of the molecule is CCOc1[c]cccc1[N+](=O)[O-]. The maximum atomic E-state index is 10.4. The maximum Gasteiger partial charge on any atom is 0.311 e. The molecule has 0 bridgehead atoms. The zero-order valence-electron chi connectivity index (χ0n) is 6.61. The first-order valence-electron chi connectivity index (χ1n) is 3.53. The molecular weight excluding hydrogens is 158 g/mol. The monoisotopic (exact) mass is 166 g/mol. The van der Waals surface area contributed by atoms with Crippen molar-refractivity contribution in [2.75, 3.05) is 6.61 Å². The van der Waals surface area contributed by atoms with E-state index >= 15 is 0 Å². The highest BCUT2D eigenvalue weighted by Crippen LogP contribution is 2.24. The lowest BCUT2D eigenvalue weighted by Crippen LogP contribution is -1.96. The number of rotatable bonds is 3. The second-order valence-corrected chi connectivity index (χ2v) is 2.07. The highest BCUT2D eigenvalue weighted by atomic mass is 16.6. The molecule has 0 atom stereocenters. The highest BCUT2D eigenvalue weighted by Gasteiger charge is 2.12. The zero-order chi connectivity index (χ0) is 8.97. The van der Waals surface area contributed by atoms with Gasteiger partial charge in [0.15, 0.2) is 0 Å². The Hall–Kier alpha value is -1.58. The molecule has 4 heteroatoms. The van der Waals surface area contributed by atoms with E-state index in [1.165, 1.54) is 6.07 Å². The third kappa shape index (κ3) is 1.72. The molecule has 0 saturated heterocycles. The summed E-state index contributed by atoms with van der Waals surface area (Å²) in [6, 6.07) is 7.18. The third-order valence-electron chi connectivity index (χ3n) is 1.28. The number of nitro benzene ring substituents is 1. The van der Waals surface area contributed by atoms with Crippen LogP contribution in [0.25, 0.3) is 0 Å². The van der Waals surface area contributed by atoms with Crippen LogP contribution in [-0.4, -0.2) is 11.5 Å². The van der Waals surface area contributed by atoms with Gasteiger partial charge in [-0.25, -0.2) is 0 Å². The van der Waals surface area contributed by atoms with Crippen molar-refractivity contribution in [3.8, 4) is 5.75 Å². The molecule has 1 aromatic rings. The summed E-state index contributed by atoms with van der Waals surface area (Å²) in [6.45, 7) is 2.17. The number of nitrogens with zero attached hydrogens (tertiary/aromatic N) is 1. The minimum Gasteiger partial charge on any atom is -0.487 e. The Labute approximate surface area is 69.9 Å². The van der Waals surface area contributed by atoms with Crippen molar-refractivity contribution < 1.29 is 9.66 Å². The Kier molecular flexibility index (Phi) is 2.63. The smallest absolute Gasteiger partial charge is 0.311 e. The van der Waals surface area contributed by atoms with Gasteiger partial charge in [0.1, 0.15) is 0 Å². The van der Waals surface area contributed by atoms with Crippen LogP contribution in [0.3, 0.4) is 0 Å². The van der Waals surface area contributed by atoms with Gasteiger partial charge in [0.05, 0.1) is 11.5 Å². The molecule has 0 unspecified atom stereocenters. The number of hydrogen-bond acceptors (Lipinski definition) is 3. The van der Waals surface area contributed by atoms with Crippen molar-refractivity contribution in [3.63, 3.8) is 0 Å². The van der Waals surface area contributed by atoms with Gasteiger partial charge < -0.3 is 4.74 Å². The van der Waals surface area contributed by atoms with Crippen molar-refractivity contribution >= 4 is 5.69 Å². The van der Waals surface area contributed by atoms with Crippen LogP contribution < -0.4 is 4.74 Å². The van der Waals surface area contributed by atoms with E-state index in [0.717, 1.165) is 0 Å². The van der Waals surface area contributed by atoms with E-state index in [4.69, 9.17) is 4.74 Å². The lowest BCUT2D eigenvalue weighted by molar-refractivity contribution is -0.385. The fourth-order valence-corrected chi connectivity index (χ4v) is 0.816. The van der Waals surface area contributed by atoms with E-state index in [1.54, 1.807) is 19.1 Å². The summed E-state index contributed by atoms with van der Waals surface area (Å²) in [5, 5.41) is 10.4. The van der Waals surface area contributed by atoms with Gasteiger partial charge >= 0.3 is 5.69 Å². The maximum absolute atomic E-state index is 10.4. The van der Waals surface area contributed by atoms with Crippen LogP contribution in [0.1, 0.15) is 6.92 Å². The second-order valence-electron chi connectivity index (χ2n) is 2.07. The lowest BCUT2D eigenvalue weighted by atomic mass is 10.3. The molecule has 0 aromatic heterocycles. The van der Waals surface area contributed by atoms with Gasteiger partial charge in [-0.1, -0.05) is 6.07 Å². The molecule has 0 N–H and O–H groups in total. The van der Waals surface area contributed by atoms with E-state index < -0.39 is 4.92 Å². The molecule has 0 spiro atoms. The fraction of sp³-hybridized carbons (Fsp3) is 0.250. The average Bonchev–Trinajstić information content (AvgIpc) is 2.05. The first-order chi connectivity index (χ1) is 5.75. The van der Waals surface area contributed by atoms with Gasteiger partial charge in [-0.05, 0) is 13.0 Å². The fourth-order valence-electron chi connectivity index (χ4n) is 0.816. The first kappa shape index (κ1) is 8.52. The van der Waals surface area contributed by atoms with Crippen molar-refractivity contribution in [1.29, 1.82) is 0 Å². The van der Waals surface area contributed by atoms with Crippen LogP contribution in [0, 0.1) is 16.2 Å². The Balaban J connectivity index is 3.00. The van der Waals surface area contributed by atoms with E-state index in [0.29, 0.717) is 6.61 Å². The molecule has 63 valence electrons. The van der Waals surface area contributed by atoms with Gasteiger partial charge in [-0.3, -0.25) is 10.1 Å². The van der Waals surface area contributed by atoms with E-state index in [9.17, 15) is 10.1 Å². The van der Waals surface area contributed by atoms with Gasteiger partial charge in [-0.15, -0.1) is 0 Å². The molecule has 1 rings (SSSR count). The van der Waals surface area contributed by atoms with Crippen molar-refractivity contribution in [2.24, 2.45) is 0 Å². The first-order valence-corrected chi connectivity index (χ1v) is 3.53. The Bertz CT molecular complexity index is 285. The summed E-state index contributed by atoms with van der Waals surface area (Å²) in [5.74, 6) is 0.199. The van der Waals surface area contributed by atoms with Crippen LogP contribution in [0.2, 0.25) is 0 Å². The molecular formula is C8H8NO3. The van der Waals surface area contributed by atoms with Crippen LogP contribution >= 0.6 is 0 Å². The summed E-state index contributed by atoms with van der Waals surface area (Å²) in [4.78, 5) is 9.92. The minimum absolute atomic E-state index is 0.0423. The van der Waals surface area contributed by atoms with Crippen LogP contribution in [0.5, 0.6) is 5.75 Å². The third-order valence-corrected chi connectivity index (χ3v) is 1.28. The molecule has 0 aliphatic heterocycles. The van der Waals surface area contributed by atoms with Gasteiger partial charge in [0.2, 0.25) is 5.75 Å². The predicted molar refractivity (Wildman–Crippen MR) is 43.1 cm³/mol. The van der Waals surface area contributed by atoms with Crippen molar-refractivity contribution in [1.82, 2.24) is 0 Å². The molecule has 0 fully saturated rings. The summed E-state index contributed by atoms with van der Waals surface area (Å²) >= 11 is 0. The Morgan fingerprint density at radius 3 is 3.08 bits per heavy atom. The Morgan fingerprint density at radius 2 is 2.50 bits per heavy atom. The van der Waals surface area contributed by atoms with E-state index in [-0.39, 0.29) is 11.4 Å². The lowest BCUT2D eigenvalue weighted by Gasteiger charge is -2.01. The molecule has 0 aliphatic rings. The summed E-state index contributed by atoms with van der Waals surface area (Å²) in [5.41, 5.74) is -0.0423. The van der Waals surface area contributed by atoms with Gasteiger partial charge in [-0.2, -0.15) is 0 Å². The largest absolute Gasteiger partial charge is 0.487 e. The number of hydrogen-bond donors (Lipinski definition) is 0. The zero-order valence-corrected chi connectivity index (χ0v) is 6.61. The number of benzene rings is 1. The molecule has 1 radical (unpaired) electrons. The van der Waals surface area contributed by atoms with E-state index in [1.807, 2.05) is 0 Å². The average molecular weight is 166 g/mol. The van der Waals surface area contributed by atoms with Gasteiger partial charge in [0, 0.05) is 12.1 Å². The van der Waals surface area contributed by atoms with Crippen molar-refractivity contribution in [2.45, 2.75) is 6.92 Å². The predicted octanol–water partition coefficient (Wildman–Crippen LogP) is 1.79. The molecule has 1 aromatic carbocycles. The topological polar surface area (TPSA) is 52.4 Å². The molecule has 0 saturated carbocycles. The number of para-hydroxylation sites is 1. The molecule has 0 aliphatic carbocycles. The summed E-state index contributed by atoms with van der Waals surface area (Å²) in [7, 11) is 0. The molecule has 0 amide bonds. The number of ether oxygens (including phenoxy) is 1. The molecule has 12 heavy (non-hydrogen) atoms. The molecule has 4 nitrogen and oxygen atoms in total. The minimum atomic E-state index is -0.485. The van der Waals surface area contributed by atoms with E-state index in [2.05, 4.69) is 6.07 Å². The van der Waals surface area contributed by atoms with Gasteiger partial charge in [0.25, 0.3) is 0 Å². The number of nitro groups is 1. The quantitative estimate of drug-likeness (QED) is 0.508. The van der Waals surface area contributed by atoms with Crippen LogP contribution in [0.4, 0.5) is 5.69 Å². The molecule has 0 heterocycles. The normalized spacial score (nSPS) is 9.42. The second kappa shape index (κ2) is 3.71. The van der Waals surface area contributed by atoms with Crippen LogP contribution in [-0.2, 0) is 0 Å². The summed E-state index contributed by atoms with van der Waals surface area (Å²) in [6.07, 6.45) is 0.